The number of nitrogens with zero attached hydrogens (tertiary/aromatic N) is 2. The van der Waals surface area contributed by atoms with Crippen molar-refractivity contribution in [3.8, 4) is 0 Å². The van der Waals surface area contributed by atoms with Gasteiger partial charge >= 0.3 is 5.97 Å². The van der Waals surface area contributed by atoms with Crippen LogP contribution >= 0.6 is 39.2 Å². The van der Waals surface area contributed by atoms with Crippen molar-refractivity contribution in [3.05, 3.63) is 34.1 Å². The van der Waals surface area contributed by atoms with E-state index >= 15 is 0 Å². The van der Waals surface area contributed by atoms with Gasteiger partial charge in [-0.2, -0.15) is 4.37 Å². The fourth-order valence-electron chi connectivity index (χ4n) is 1.28. The number of benzene rings is 1. The molecule has 2 rings (SSSR count). The molecule has 0 saturated heterocycles. The van der Waals surface area contributed by atoms with Gasteiger partial charge in [0, 0.05) is 15.8 Å². The molecular weight excluding hydrogens is 336 g/mol. The van der Waals surface area contributed by atoms with Gasteiger partial charge in [-0.3, -0.25) is 0 Å². The number of carboxylic acid groups (broad SMARTS) is 1. The molecule has 0 fully saturated rings. The van der Waals surface area contributed by atoms with Crippen molar-refractivity contribution in [1.29, 1.82) is 0 Å². The molecule has 1 N–H and O–H groups in total. The molecule has 0 bridgehead atoms. The zero-order valence-corrected chi connectivity index (χ0v) is 12.6. The second kappa shape index (κ2) is 5.81. The van der Waals surface area contributed by atoms with Crippen molar-refractivity contribution in [2.75, 3.05) is 0 Å². The molecule has 0 saturated carbocycles. The van der Waals surface area contributed by atoms with E-state index < -0.39 is 5.97 Å². The maximum Gasteiger partial charge on any atom is 0.336 e. The monoisotopic (exact) mass is 344 g/mol. The average molecular weight is 345 g/mol. The van der Waals surface area contributed by atoms with Gasteiger partial charge in [0.05, 0.1) is 5.56 Å². The molecule has 4 nitrogen and oxygen atoms in total. The van der Waals surface area contributed by atoms with Gasteiger partial charge in [0.1, 0.15) is 5.82 Å². The lowest BCUT2D eigenvalue weighted by molar-refractivity contribution is 0.0693. The van der Waals surface area contributed by atoms with E-state index in [-0.39, 0.29) is 5.56 Å². The molecule has 0 aliphatic carbocycles. The largest absolute Gasteiger partial charge is 0.478 e. The van der Waals surface area contributed by atoms with Crippen LogP contribution in [0.2, 0.25) is 0 Å². The predicted molar refractivity (Wildman–Crippen MR) is 74.5 cm³/mol. The first-order valence-electron chi connectivity index (χ1n) is 5.13. The molecular formula is C11H9BrN2O2S2. The fraction of sp³-hybridized carbons (Fsp3) is 0.182. The molecule has 0 amide bonds. The number of carbonyl (C=O) groups is 1. The normalized spacial score (nSPS) is 10.6. The van der Waals surface area contributed by atoms with Crippen LogP contribution in [0.15, 0.2) is 31.9 Å². The number of hydrogen-bond donors (Lipinski definition) is 1. The second-order valence-electron chi connectivity index (χ2n) is 3.38. The summed E-state index contributed by atoms with van der Waals surface area (Å²) < 4.78 is 5.68. The summed E-state index contributed by atoms with van der Waals surface area (Å²) in [5.74, 6) is -0.157. The Morgan fingerprint density at radius 2 is 2.33 bits per heavy atom. The standard InChI is InChI=1S/C11H9BrN2O2S2/c1-2-9-13-11(18-14-9)17-8-4-3-6(12)5-7(8)10(15)16/h3-5H,2H2,1H3,(H,15,16). The van der Waals surface area contributed by atoms with E-state index in [4.69, 9.17) is 5.11 Å². The summed E-state index contributed by atoms with van der Waals surface area (Å²) in [6.45, 7) is 1.98. The van der Waals surface area contributed by atoms with E-state index in [9.17, 15) is 4.79 Å². The Bertz CT molecular complexity index is 586. The van der Waals surface area contributed by atoms with Crippen molar-refractivity contribution in [2.45, 2.75) is 22.6 Å². The number of halogens is 1. The zero-order chi connectivity index (χ0) is 13.1. The van der Waals surface area contributed by atoms with Crippen molar-refractivity contribution >= 4 is 45.2 Å². The molecule has 0 spiro atoms. The van der Waals surface area contributed by atoms with Gasteiger partial charge in [-0.05, 0) is 29.7 Å². The Kier molecular flexibility index (Phi) is 4.36. The number of rotatable bonds is 4. The van der Waals surface area contributed by atoms with E-state index in [1.807, 2.05) is 13.0 Å². The number of aryl methyl sites for hydroxylation is 1. The van der Waals surface area contributed by atoms with Gasteiger partial charge in [0.25, 0.3) is 0 Å². The van der Waals surface area contributed by atoms with Crippen LogP contribution in [0.3, 0.4) is 0 Å². The molecule has 2 aromatic rings. The maximum atomic E-state index is 11.2. The SMILES string of the molecule is CCc1nsc(Sc2ccc(Br)cc2C(=O)O)n1. The molecule has 0 unspecified atom stereocenters. The van der Waals surface area contributed by atoms with Crippen molar-refractivity contribution in [1.82, 2.24) is 9.36 Å². The summed E-state index contributed by atoms with van der Waals surface area (Å²) in [7, 11) is 0. The smallest absolute Gasteiger partial charge is 0.336 e. The van der Waals surface area contributed by atoms with Gasteiger partial charge in [0.2, 0.25) is 0 Å². The van der Waals surface area contributed by atoms with Crippen LogP contribution < -0.4 is 0 Å². The van der Waals surface area contributed by atoms with Gasteiger partial charge in [-0.1, -0.05) is 34.6 Å². The Hall–Kier alpha value is -0.920. The molecule has 0 radical (unpaired) electrons. The highest BCUT2D eigenvalue weighted by molar-refractivity contribution is 9.10. The van der Waals surface area contributed by atoms with Crippen molar-refractivity contribution < 1.29 is 9.90 Å². The highest BCUT2D eigenvalue weighted by Gasteiger charge is 2.13. The van der Waals surface area contributed by atoms with Crippen LogP contribution in [0.5, 0.6) is 0 Å². The first kappa shape index (κ1) is 13.5. The molecule has 1 aromatic carbocycles. The van der Waals surface area contributed by atoms with Crippen LogP contribution in [0.4, 0.5) is 0 Å². The summed E-state index contributed by atoms with van der Waals surface area (Å²) in [6, 6.07) is 5.17. The summed E-state index contributed by atoms with van der Waals surface area (Å²) >= 11 is 5.89. The highest BCUT2D eigenvalue weighted by Crippen LogP contribution is 2.33. The molecule has 94 valence electrons. The third-order valence-corrected chi connectivity index (χ3v) is 4.49. The molecule has 0 atom stereocenters. The summed E-state index contributed by atoms with van der Waals surface area (Å²) in [5, 5.41) is 9.15. The fourth-order valence-corrected chi connectivity index (χ4v) is 3.40. The Labute approximate surface area is 121 Å². The van der Waals surface area contributed by atoms with Crippen LogP contribution in [0.25, 0.3) is 0 Å². The molecule has 1 aromatic heterocycles. The zero-order valence-electron chi connectivity index (χ0n) is 9.38. The Morgan fingerprint density at radius 1 is 1.56 bits per heavy atom. The minimum Gasteiger partial charge on any atom is -0.478 e. The predicted octanol–water partition coefficient (Wildman–Crippen LogP) is 3.71. The lowest BCUT2D eigenvalue weighted by atomic mass is 10.2. The number of carboxylic acids is 1. The summed E-state index contributed by atoms with van der Waals surface area (Å²) in [4.78, 5) is 16.1. The van der Waals surface area contributed by atoms with Crippen LogP contribution in [-0.2, 0) is 6.42 Å². The van der Waals surface area contributed by atoms with Crippen molar-refractivity contribution in [3.63, 3.8) is 0 Å². The topological polar surface area (TPSA) is 63.1 Å². The Morgan fingerprint density at radius 3 is 2.94 bits per heavy atom. The van der Waals surface area contributed by atoms with Gasteiger partial charge in [-0.15, -0.1) is 0 Å². The molecule has 0 aliphatic rings. The quantitative estimate of drug-likeness (QED) is 0.915. The molecule has 0 aliphatic heterocycles. The van der Waals surface area contributed by atoms with Gasteiger partial charge in [-0.25, -0.2) is 9.78 Å². The number of aromatic carboxylic acids is 1. The lowest BCUT2D eigenvalue weighted by Crippen LogP contribution is -1.98. The van der Waals surface area contributed by atoms with E-state index in [0.717, 1.165) is 21.1 Å². The van der Waals surface area contributed by atoms with Crippen LogP contribution in [0, 0.1) is 0 Å². The summed E-state index contributed by atoms with van der Waals surface area (Å²) in [5.41, 5.74) is 0.266. The third kappa shape index (κ3) is 3.09. The van der Waals surface area contributed by atoms with E-state index in [1.54, 1.807) is 12.1 Å². The second-order valence-corrected chi connectivity index (χ2v) is 6.33. The number of hydrogen-bond acceptors (Lipinski definition) is 5. The first-order valence-corrected chi connectivity index (χ1v) is 7.51. The third-order valence-electron chi connectivity index (χ3n) is 2.13. The molecule has 1 heterocycles. The average Bonchev–Trinajstić information content (AvgIpc) is 2.79. The number of aromatic nitrogens is 2. The maximum absolute atomic E-state index is 11.2. The lowest BCUT2D eigenvalue weighted by Gasteiger charge is -2.03. The minimum atomic E-state index is -0.945. The molecule has 7 heteroatoms. The van der Waals surface area contributed by atoms with Crippen LogP contribution in [-0.4, -0.2) is 20.4 Å². The van der Waals surface area contributed by atoms with E-state index in [1.165, 1.54) is 23.3 Å². The molecule has 18 heavy (non-hydrogen) atoms. The van der Waals surface area contributed by atoms with E-state index in [0.29, 0.717) is 4.90 Å². The van der Waals surface area contributed by atoms with Gasteiger partial charge < -0.3 is 5.11 Å². The first-order chi connectivity index (χ1) is 8.60. The Balaban J connectivity index is 2.30. The minimum absolute atomic E-state index is 0.266. The summed E-state index contributed by atoms with van der Waals surface area (Å²) in [6.07, 6.45) is 0.781. The van der Waals surface area contributed by atoms with E-state index in [2.05, 4.69) is 25.3 Å². The van der Waals surface area contributed by atoms with Crippen molar-refractivity contribution in [2.24, 2.45) is 0 Å². The van der Waals surface area contributed by atoms with Crippen LogP contribution in [0.1, 0.15) is 23.1 Å². The highest BCUT2D eigenvalue weighted by atomic mass is 79.9. The van der Waals surface area contributed by atoms with Gasteiger partial charge in [0.15, 0.2) is 4.34 Å².